The predicted octanol–water partition coefficient (Wildman–Crippen LogP) is 24.3. The van der Waals surface area contributed by atoms with Crippen LogP contribution in [-0.2, 0) is 38.1 Å². The summed E-state index contributed by atoms with van der Waals surface area (Å²) < 4.78 is 23.4. The van der Waals surface area contributed by atoms with E-state index in [-0.39, 0.29) is 26.4 Å². The van der Waals surface area contributed by atoms with Crippen LogP contribution < -0.4 is 0 Å². The zero-order chi connectivity index (χ0) is 61.7. The van der Waals surface area contributed by atoms with Crippen molar-refractivity contribution in [3.8, 4) is 0 Å². The summed E-state index contributed by atoms with van der Waals surface area (Å²) in [6, 6.07) is 0. The van der Waals surface area contributed by atoms with Crippen LogP contribution in [0.25, 0.3) is 0 Å². The Morgan fingerprint density at radius 3 is 0.482 bits per heavy atom. The molecule has 0 saturated heterocycles. The summed E-state index contributed by atoms with van der Waals surface area (Å²) in [6.07, 6.45) is 83.0. The van der Waals surface area contributed by atoms with Crippen LogP contribution in [0.15, 0.2) is 48.6 Å². The highest BCUT2D eigenvalue weighted by atomic mass is 16.6. The lowest BCUT2D eigenvalue weighted by Crippen LogP contribution is -2.43. The van der Waals surface area contributed by atoms with Gasteiger partial charge in [-0.25, -0.2) is 19.2 Å². The molecule has 0 fully saturated rings. The van der Waals surface area contributed by atoms with Gasteiger partial charge >= 0.3 is 23.9 Å². The van der Waals surface area contributed by atoms with E-state index in [0.29, 0.717) is 0 Å². The summed E-state index contributed by atoms with van der Waals surface area (Å²) in [5.74, 6) is -2.18. The topological polar surface area (TPSA) is 105 Å². The first-order valence-electron chi connectivity index (χ1n) is 37.2. The van der Waals surface area contributed by atoms with Crippen LogP contribution in [0.5, 0.6) is 0 Å². The average molecular weight is 1190 g/mol. The summed E-state index contributed by atoms with van der Waals surface area (Å²) in [4.78, 5) is 53.1. The Bertz CT molecular complexity index is 1330. The Labute approximate surface area is 527 Å². The number of rotatable bonds is 68. The fourth-order valence-corrected chi connectivity index (χ4v) is 11.2. The molecule has 0 bridgehead atoms. The van der Waals surface area contributed by atoms with Gasteiger partial charge in [0.25, 0.3) is 0 Å². The molecule has 0 aliphatic carbocycles. The molecule has 0 rings (SSSR count). The maximum absolute atomic E-state index is 13.3. The minimum absolute atomic E-state index is 0.281. The van der Waals surface area contributed by atoms with Crippen LogP contribution in [0.1, 0.15) is 387 Å². The quantitative estimate of drug-likeness (QED) is 0.0257. The van der Waals surface area contributed by atoms with Crippen LogP contribution in [0.4, 0.5) is 0 Å². The third-order valence-electron chi connectivity index (χ3n) is 17.0. The lowest BCUT2D eigenvalue weighted by atomic mass is 9.92. The number of carbonyl (C=O) groups excluding carboxylic acids is 4. The highest BCUT2D eigenvalue weighted by molar-refractivity contribution is 5.83. The van der Waals surface area contributed by atoms with Crippen molar-refractivity contribution < 1.29 is 38.1 Å². The second-order valence-electron chi connectivity index (χ2n) is 25.7. The summed E-state index contributed by atoms with van der Waals surface area (Å²) >= 11 is 0. The molecule has 8 heteroatoms. The SMILES string of the molecule is CCCCCCCCCCCCCCC/C=C/C(=O)OCC(COC(=O)/C=C/CCCCCCCCCCCCCCC)(COC(=O)/C=C/CCCCCCCCCCCCCCC)COC(=O)/C=C/CCCCCCCCCCCCCCC. The molecule has 0 heterocycles. The number of allylic oxidation sites excluding steroid dienone is 4. The van der Waals surface area contributed by atoms with Gasteiger partial charge in [0.1, 0.15) is 31.8 Å². The molecule has 85 heavy (non-hydrogen) atoms. The van der Waals surface area contributed by atoms with E-state index in [9.17, 15) is 19.2 Å². The molecule has 0 amide bonds. The predicted molar refractivity (Wildman–Crippen MR) is 364 cm³/mol. The lowest BCUT2D eigenvalue weighted by Gasteiger charge is -2.31. The zero-order valence-electron chi connectivity index (χ0n) is 56.8. The molecular formula is C77H140O8. The molecule has 8 nitrogen and oxygen atoms in total. The van der Waals surface area contributed by atoms with Crippen LogP contribution in [0.3, 0.4) is 0 Å². The van der Waals surface area contributed by atoms with Gasteiger partial charge < -0.3 is 18.9 Å². The standard InChI is InChI=1S/C77H140O8/c1-5-9-13-17-21-25-29-33-37-41-45-49-53-57-61-65-73(78)82-69-77(70-83-74(79)66-62-58-54-50-46-42-38-34-30-26-22-18-14-10-6-2,71-84-75(80)67-63-59-55-51-47-43-39-35-31-27-23-19-15-11-7-3)72-85-76(81)68-64-60-56-52-48-44-40-36-32-28-24-20-16-12-8-4/h61-68H,5-60,69-72H2,1-4H3/b65-61+,66-62+,67-63+,68-64+. The molecule has 0 aromatic carbocycles. The third kappa shape index (κ3) is 63.7. The molecule has 0 aromatic heterocycles. The number of carbonyl (C=O) groups is 4. The van der Waals surface area contributed by atoms with Gasteiger partial charge in [0.15, 0.2) is 0 Å². The van der Waals surface area contributed by atoms with Gasteiger partial charge in [-0.05, 0) is 51.4 Å². The highest BCUT2D eigenvalue weighted by Crippen LogP contribution is 2.23. The van der Waals surface area contributed by atoms with Gasteiger partial charge in [0.05, 0.1) is 0 Å². The van der Waals surface area contributed by atoms with Gasteiger partial charge in [-0.1, -0.05) is 360 Å². The maximum Gasteiger partial charge on any atom is 0.330 e. The van der Waals surface area contributed by atoms with Gasteiger partial charge in [0.2, 0.25) is 0 Å². The average Bonchev–Trinajstić information content (AvgIpc) is 3.60. The molecule has 0 N–H and O–H groups in total. The van der Waals surface area contributed by atoms with Crippen LogP contribution >= 0.6 is 0 Å². The summed E-state index contributed by atoms with van der Waals surface area (Å²) in [6.45, 7) is 7.95. The van der Waals surface area contributed by atoms with Crippen molar-refractivity contribution in [2.45, 2.75) is 387 Å². The fraction of sp³-hybridized carbons (Fsp3) is 0.844. The molecule has 0 aliphatic heterocycles. The monoisotopic (exact) mass is 1190 g/mol. The van der Waals surface area contributed by atoms with E-state index < -0.39 is 29.3 Å². The minimum Gasteiger partial charge on any atom is -0.462 e. The number of esters is 4. The summed E-state index contributed by atoms with van der Waals surface area (Å²) in [7, 11) is 0. The molecule has 0 spiro atoms. The molecule has 0 saturated carbocycles. The Morgan fingerprint density at radius 1 is 0.212 bits per heavy atom. The second kappa shape index (κ2) is 68.3. The highest BCUT2D eigenvalue weighted by Gasteiger charge is 2.37. The lowest BCUT2D eigenvalue weighted by molar-refractivity contribution is -0.164. The number of hydrogen-bond acceptors (Lipinski definition) is 8. The number of ether oxygens (including phenoxy) is 4. The number of hydrogen-bond donors (Lipinski definition) is 0. The molecule has 0 unspecified atom stereocenters. The van der Waals surface area contributed by atoms with Gasteiger partial charge in [-0.3, -0.25) is 0 Å². The van der Waals surface area contributed by atoms with Crippen molar-refractivity contribution in [2.24, 2.45) is 5.41 Å². The van der Waals surface area contributed by atoms with E-state index >= 15 is 0 Å². The van der Waals surface area contributed by atoms with Gasteiger partial charge in [-0.15, -0.1) is 0 Å². The Balaban J connectivity index is 5.62. The van der Waals surface area contributed by atoms with Crippen molar-refractivity contribution >= 4 is 23.9 Å². The maximum atomic E-state index is 13.3. The van der Waals surface area contributed by atoms with E-state index in [2.05, 4.69) is 27.7 Å². The largest absolute Gasteiger partial charge is 0.462 e. The van der Waals surface area contributed by atoms with E-state index in [4.69, 9.17) is 18.9 Å². The van der Waals surface area contributed by atoms with Crippen molar-refractivity contribution in [2.75, 3.05) is 26.4 Å². The number of unbranched alkanes of at least 4 members (excludes halogenated alkanes) is 52. The fourth-order valence-electron chi connectivity index (χ4n) is 11.2. The molecule has 0 radical (unpaired) electrons. The summed E-state index contributed by atoms with van der Waals surface area (Å²) in [5.41, 5.74) is -1.34. The van der Waals surface area contributed by atoms with Crippen molar-refractivity contribution in [1.29, 1.82) is 0 Å². The first-order valence-corrected chi connectivity index (χ1v) is 37.2. The third-order valence-corrected chi connectivity index (χ3v) is 17.0. The Kier molecular flexibility index (Phi) is 65.8. The smallest absolute Gasteiger partial charge is 0.330 e. The molecular weight excluding hydrogens is 1050 g/mol. The minimum atomic E-state index is -1.34. The van der Waals surface area contributed by atoms with Crippen molar-refractivity contribution in [1.82, 2.24) is 0 Å². The summed E-state index contributed by atoms with van der Waals surface area (Å²) in [5, 5.41) is 0. The van der Waals surface area contributed by atoms with Crippen molar-refractivity contribution in [3.05, 3.63) is 48.6 Å². The normalized spacial score (nSPS) is 12.0. The van der Waals surface area contributed by atoms with Gasteiger partial charge in [0, 0.05) is 24.3 Å². The van der Waals surface area contributed by atoms with Gasteiger partial charge in [-0.2, -0.15) is 0 Å². The zero-order valence-corrected chi connectivity index (χ0v) is 56.8. The van der Waals surface area contributed by atoms with E-state index in [1.54, 1.807) is 0 Å². The Morgan fingerprint density at radius 2 is 0.341 bits per heavy atom. The second-order valence-corrected chi connectivity index (χ2v) is 25.7. The molecule has 0 aliphatic rings. The molecule has 0 aromatic rings. The first-order chi connectivity index (χ1) is 41.8. The van der Waals surface area contributed by atoms with Crippen LogP contribution in [-0.4, -0.2) is 50.3 Å². The first kappa shape index (κ1) is 81.8. The molecule has 496 valence electrons. The van der Waals surface area contributed by atoms with E-state index in [0.717, 1.165) is 77.0 Å². The van der Waals surface area contributed by atoms with E-state index in [1.165, 1.54) is 307 Å². The van der Waals surface area contributed by atoms with Crippen LogP contribution in [0, 0.1) is 5.41 Å². The Hall–Kier alpha value is -3.16. The van der Waals surface area contributed by atoms with Crippen LogP contribution in [0.2, 0.25) is 0 Å². The van der Waals surface area contributed by atoms with Crippen molar-refractivity contribution in [3.63, 3.8) is 0 Å². The van der Waals surface area contributed by atoms with E-state index in [1.807, 2.05) is 24.3 Å². The molecule has 0 atom stereocenters.